The normalized spacial score (nSPS) is 40.3. The third-order valence-corrected chi connectivity index (χ3v) is 6.33. The molecule has 3 aliphatic heterocycles. The molecule has 3 unspecified atom stereocenters. The largest absolute Gasteiger partial charge is 0.477 e. The number of thioether (sulfide) groups is 1. The van der Waals surface area contributed by atoms with Crippen molar-refractivity contribution in [2.24, 2.45) is 5.92 Å². The van der Waals surface area contributed by atoms with Crippen LogP contribution in [0.2, 0.25) is 0 Å². The molecule has 19 heavy (non-hydrogen) atoms. The van der Waals surface area contributed by atoms with Crippen LogP contribution in [0.15, 0.2) is 10.6 Å². The Morgan fingerprint density at radius 2 is 2.21 bits per heavy atom. The molecule has 0 aromatic rings. The van der Waals surface area contributed by atoms with E-state index < -0.39 is 11.6 Å². The molecule has 1 spiro atoms. The zero-order valence-electron chi connectivity index (χ0n) is 10.6. The summed E-state index contributed by atoms with van der Waals surface area (Å²) in [6.45, 7) is 2.47. The maximum absolute atomic E-state index is 12.1. The Bertz CT molecular complexity index is 521. The number of amides is 1. The topological polar surface area (TPSA) is 70.1 Å². The number of carboxylic acid groups (broad SMARTS) is 1. The minimum absolute atomic E-state index is 0.0805. The first-order valence-electron chi connectivity index (χ1n) is 6.68. The molecule has 0 radical (unpaired) electrons. The number of nitrogens with zero attached hydrogens (tertiary/aromatic N) is 1. The molecule has 4 aliphatic rings. The van der Waals surface area contributed by atoms with E-state index in [4.69, 9.17) is 4.74 Å². The summed E-state index contributed by atoms with van der Waals surface area (Å²) in [5, 5.41) is 9.95. The first kappa shape index (κ1) is 11.8. The monoisotopic (exact) mass is 281 g/mol. The van der Waals surface area contributed by atoms with E-state index in [9.17, 15) is 14.7 Å². The molecule has 4 rings (SSSR count). The Balaban J connectivity index is 1.69. The van der Waals surface area contributed by atoms with Crippen LogP contribution in [0.25, 0.3) is 0 Å². The van der Waals surface area contributed by atoms with E-state index in [-0.39, 0.29) is 23.6 Å². The molecular weight excluding hydrogens is 266 g/mol. The lowest BCUT2D eigenvalue weighted by Gasteiger charge is -2.43. The molecule has 1 N–H and O–H groups in total. The van der Waals surface area contributed by atoms with Crippen LogP contribution in [-0.4, -0.2) is 45.4 Å². The second kappa shape index (κ2) is 3.55. The molecule has 6 heteroatoms. The molecule has 0 aromatic carbocycles. The summed E-state index contributed by atoms with van der Waals surface area (Å²) in [6, 6.07) is -0.0892. The molecule has 3 fully saturated rings. The summed E-state index contributed by atoms with van der Waals surface area (Å²) < 4.78 is 5.33. The van der Waals surface area contributed by atoms with E-state index >= 15 is 0 Å². The van der Waals surface area contributed by atoms with Gasteiger partial charge < -0.3 is 9.84 Å². The van der Waals surface area contributed by atoms with Crippen LogP contribution in [0, 0.1) is 5.92 Å². The third kappa shape index (κ3) is 1.31. The Kier molecular flexibility index (Phi) is 2.20. The highest BCUT2D eigenvalue weighted by molar-refractivity contribution is 8.03. The molecule has 2 saturated heterocycles. The number of carboxylic acids is 1. The van der Waals surface area contributed by atoms with Crippen molar-refractivity contribution < 1.29 is 19.4 Å². The molecule has 0 aromatic heterocycles. The quantitative estimate of drug-likeness (QED) is 0.622. The number of β-lactam (4-membered cyclic amide) rings is 1. The van der Waals surface area contributed by atoms with E-state index in [0.717, 1.165) is 17.7 Å². The van der Waals surface area contributed by atoms with Gasteiger partial charge in [-0.25, -0.2) is 4.79 Å². The maximum Gasteiger partial charge on any atom is 0.353 e. The Hall–Kier alpha value is -1.01. The second-order valence-corrected chi connectivity index (χ2v) is 7.12. The lowest BCUT2D eigenvalue weighted by atomic mass is 9.82. The van der Waals surface area contributed by atoms with Crippen LogP contribution in [0.3, 0.4) is 0 Å². The van der Waals surface area contributed by atoms with E-state index in [0.29, 0.717) is 11.9 Å². The van der Waals surface area contributed by atoms with Crippen molar-refractivity contribution in [1.29, 1.82) is 0 Å². The van der Waals surface area contributed by atoms with Gasteiger partial charge in [-0.3, -0.25) is 9.69 Å². The highest BCUT2D eigenvalue weighted by Crippen LogP contribution is 2.58. The fourth-order valence-corrected chi connectivity index (χ4v) is 4.93. The summed E-state index contributed by atoms with van der Waals surface area (Å²) in [5.41, 5.74) is -0.470. The smallest absolute Gasteiger partial charge is 0.353 e. The summed E-state index contributed by atoms with van der Waals surface area (Å²) in [6.07, 6.45) is 3.52. The standard InChI is InChI=1S/C13H15NO4S/c1-6-9(19-7-3-2-4-7)8(11(15)16)14-10(6)13(5-18-13)12(14)17/h6-7,10H,2-5H2,1H3,(H,15,16). The highest BCUT2D eigenvalue weighted by atomic mass is 32.2. The van der Waals surface area contributed by atoms with Gasteiger partial charge in [0.2, 0.25) is 0 Å². The molecule has 1 amide bonds. The van der Waals surface area contributed by atoms with Gasteiger partial charge in [0.15, 0.2) is 5.60 Å². The van der Waals surface area contributed by atoms with Gasteiger partial charge in [0.05, 0.1) is 12.6 Å². The highest BCUT2D eigenvalue weighted by Gasteiger charge is 2.76. The van der Waals surface area contributed by atoms with Gasteiger partial charge >= 0.3 is 5.97 Å². The number of hydrogen-bond donors (Lipinski definition) is 1. The number of hydrogen-bond acceptors (Lipinski definition) is 4. The Morgan fingerprint density at radius 1 is 1.53 bits per heavy atom. The van der Waals surface area contributed by atoms with Crippen LogP contribution in [0.4, 0.5) is 0 Å². The zero-order valence-corrected chi connectivity index (χ0v) is 11.4. The Morgan fingerprint density at radius 3 is 2.68 bits per heavy atom. The van der Waals surface area contributed by atoms with Crippen molar-refractivity contribution in [3.63, 3.8) is 0 Å². The molecule has 1 aliphatic carbocycles. The summed E-state index contributed by atoms with van der Waals surface area (Å²) in [5.74, 6) is -1.07. The minimum atomic E-state index is -0.986. The molecule has 102 valence electrons. The van der Waals surface area contributed by atoms with E-state index in [1.807, 2.05) is 6.92 Å². The SMILES string of the molecule is CC1C(SC2CCC2)=C(C(=O)O)N2C(=O)C3(CO3)C12. The fraction of sp³-hybridized carbons (Fsp3) is 0.692. The molecule has 0 bridgehead atoms. The first-order valence-corrected chi connectivity index (χ1v) is 7.56. The first-order chi connectivity index (χ1) is 9.06. The second-order valence-electron chi connectivity index (χ2n) is 5.78. The predicted octanol–water partition coefficient (Wildman–Crippen LogP) is 1.20. The van der Waals surface area contributed by atoms with E-state index in [2.05, 4.69) is 0 Å². The van der Waals surface area contributed by atoms with Crippen LogP contribution >= 0.6 is 11.8 Å². The molecular formula is C13H15NO4S. The van der Waals surface area contributed by atoms with E-state index in [1.54, 1.807) is 11.8 Å². The van der Waals surface area contributed by atoms with Crippen LogP contribution < -0.4 is 0 Å². The third-order valence-electron chi connectivity index (χ3n) is 4.70. The van der Waals surface area contributed by atoms with Gasteiger partial charge in [-0.1, -0.05) is 13.3 Å². The lowest BCUT2D eigenvalue weighted by Crippen LogP contribution is -2.67. The van der Waals surface area contributed by atoms with Crippen molar-refractivity contribution in [1.82, 2.24) is 4.90 Å². The number of carbonyl (C=O) groups is 2. The average Bonchev–Trinajstić information content (AvgIpc) is 3.07. The molecule has 5 nitrogen and oxygen atoms in total. The van der Waals surface area contributed by atoms with Crippen molar-refractivity contribution in [3.05, 3.63) is 10.6 Å². The van der Waals surface area contributed by atoms with Crippen LogP contribution in [0.5, 0.6) is 0 Å². The maximum atomic E-state index is 12.1. The van der Waals surface area contributed by atoms with E-state index in [1.165, 1.54) is 11.3 Å². The van der Waals surface area contributed by atoms with Gasteiger partial charge in [0.25, 0.3) is 5.91 Å². The lowest BCUT2D eigenvalue weighted by molar-refractivity contribution is -0.158. The number of ether oxygens (including phenoxy) is 1. The molecule has 3 atom stereocenters. The predicted molar refractivity (Wildman–Crippen MR) is 68.4 cm³/mol. The van der Waals surface area contributed by atoms with Gasteiger partial charge in [0, 0.05) is 16.1 Å². The average molecular weight is 281 g/mol. The molecule has 3 heterocycles. The van der Waals surface area contributed by atoms with Crippen molar-refractivity contribution in [3.8, 4) is 0 Å². The van der Waals surface area contributed by atoms with Crippen molar-refractivity contribution in [2.45, 2.75) is 43.1 Å². The number of carbonyl (C=O) groups excluding carboxylic acids is 1. The van der Waals surface area contributed by atoms with Gasteiger partial charge in [-0.05, 0) is 12.8 Å². The van der Waals surface area contributed by atoms with Crippen molar-refractivity contribution in [2.75, 3.05) is 6.61 Å². The fourth-order valence-electron chi connectivity index (χ4n) is 3.36. The summed E-state index contributed by atoms with van der Waals surface area (Å²) in [4.78, 5) is 25.9. The van der Waals surface area contributed by atoms with Crippen LogP contribution in [-0.2, 0) is 14.3 Å². The van der Waals surface area contributed by atoms with Crippen LogP contribution in [0.1, 0.15) is 26.2 Å². The van der Waals surface area contributed by atoms with Gasteiger partial charge in [-0.15, -0.1) is 11.8 Å². The van der Waals surface area contributed by atoms with Crippen molar-refractivity contribution >= 4 is 23.6 Å². The summed E-state index contributed by atoms with van der Waals surface area (Å²) in [7, 11) is 0. The number of rotatable bonds is 3. The Labute approximate surface area is 115 Å². The van der Waals surface area contributed by atoms with Gasteiger partial charge in [0.1, 0.15) is 5.70 Å². The minimum Gasteiger partial charge on any atom is -0.477 e. The summed E-state index contributed by atoms with van der Waals surface area (Å²) >= 11 is 1.67. The zero-order chi connectivity index (χ0) is 13.4. The molecule has 1 saturated carbocycles. The number of aliphatic carboxylic acids is 1. The number of fused-ring (bicyclic) bond motifs is 2. The van der Waals surface area contributed by atoms with Gasteiger partial charge in [-0.2, -0.15) is 0 Å². The number of epoxide rings is 1.